The van der Waals surface area contributed by atoms with E-state index in [1.54, 1.807) is 0 Å². The molecule has 0 radical (unpaired) electrons. The number of carbonyl (C=O) groups excluding carboxylic acids is 1. The maximum absolute atomic E-state index is 12.0. The fourth-order valence-corrected chi connectivity index (χ4v) is 2.66. The highest BCUT2D eigenvalue weighted by Gasteiger charge is 2.33. The number of hydrogen-bond acceptors (Lipinski definition) is 1. The van der Waals surface area contributed by atoms with Crippen molar-refractivity contribution in [1.82, 2.24) is 0 Å². The summed E-state index contributed by atoms with van der Waals surface area (Å²) < 4.78 is 0. The Bertz CT molecular complexity index is 769. The van der Waals surface area contributed by atoms with Gasteiger partial charge in [0, 0.05) is 10.8 Å². The van der Waals surface area contributed by atoms with Crippen LogP contribution < -0.4 is 10.6 Å². The molecule has 2 heteroatoms. The summed E-state index contributed by atoms with van der Waals surface area (Å²) in [7, 11) is 0. The molecule has 1 amide bonds. The molecule has 0 atom stereocenters. The van der Waals surface area contributed by atoms with E-state index in [1.807, 2.05) is 24.3 Å². The number of carbonyl (C=O) groups is 1. The summed E-state index contributed by atoms with van der Waals surface area (Å²) in [5.74, 6) is 0.442. The molecule has 2 nitrogen and oxygen atoms in total. The fraction of sp³-hybridized carbons (Fsp3) is 0.200. The van der Waals surface area contributed by atoms with Crippen molar-refractivity contribution in [3.63, 3.8) is 0 Å². The van der Waals surface area contributed by atoms with Gasteiger partial charge in [-0.3, -0.25) is 4.79 Å². The van der Waals surface area contributed by atoms with Gasteiger partial charge in [0.1, 0.15) is 0 Å². The van der Waals surface area contributed by atoms with E-state index in [4.69, 9.17) is 0 Å². The van der Waals surface area contributed by atoms with E-state index >= 15 is 0 Å². The van der Waals surface area contributed by atoms with Gasteiger partial charge in [-0.25, -0.2) is 4.99 Å². The zero-order chi connectivity index (χ0) is 11.4. The number of benzene rings is 2. The summed E-state index contributed by atoms with van der Waals surface area (Å²) in [6, 6.07) is 12.2. The third-order valence-electron chi connectivity index (χ3n) is 3.61. The van der Waals surface area contributed by atoms with Crippen molar-refractivity contribution in [2.24, 2.45) is 10.9 Å². The largest absolute Gasteiger partial charge is 0.274 e. The van der Waals surface area contributed by atoms with E-state index in [9.17, 15) is 4.79 Å². The highest BCUT2D eigenvalue weighted by molar-refractivity contribution is 6.18. The minimum absolute atomic E-state index is 0.0150. The van der Waals surface area contributed by atoms with Gasteiger partial charge in [0.25, 0.3) is 5.91 Å². The molecular weight excluding hydrogens is 210 g/mol. The molecule has 82 valence electrons. The Morgan fingerprint density at radius 2 is 1.88 bits per heavy atom. The molecule has 1 aliphatic carbocycles. The normalized spacial score (nSPS) is 18.4. The summed E-state index contributed by atoms with van der Waals surface area (Å²) in [6.07, 6.45) is 2.28. The average molecular weight is 221 g/mol. The average Bonchev–Trinajstić information content (AvgIpc) is 3.12. The first-order valence-corrected chi connectivity index (χ1v) is 5.99. The van der Waals surface area contributed by atoms with E-state index < -0.39 is 0 Å². The van der Waals surface area contributed by atoms with Gasteiger partial charge in [0.15, 0.2) is 0 Å². The van der Waals surface area contributed by atoms with Gasteiger partial charge < -0.3 is 0 Å². The highest BCUT2D eigenvalue weighted by Crippen LogP contribution is 2.38. The molecule has 0 N–H and O–H groups in total. The molecule has 1 fully saturated rings. The van der Waals surface area contributed by atoms with E-state index in [0.29, 0.717) is 5.92 Å². The Balaban J connectivity index is 2.27. The Morgan fingerprint density at radius 3 is 2.71 bits per heavy atom. The Morgan fingerprint density at radius 1 is 1.06 bits per heavy atom. The number of fused-ring (bicyclic) bond motifs is 3. The Kier molecular flexibility index (Phi) is 1.63. The van der Waals surface area contributed by atoms with Crippen LogP contribution in [0.15, 0.2) is 41.4 Å². The van der Waals surface area contributed by atoms with Gasteiger partial charge >= 0.3 is 0 Å². The van der Waals surface area contributed by atoms with Gasteiger partial charge in [0.05, 0.1) is 5.36 Å². The topological polar surface area (TPSA) is 29.4 Å². The molecular formula is C15H11NO. The van der Waals surface area contributed by atoms with E-state index in [0.717, 1.165) is 29.0 Å². The lowest BCUT2D eigenvalue weighted by atomic mass is 10.0. The summed E-state index contributed by atoms with van der Waals surface area (Å²) in [5.41, 5.74) is 0.955. The molecule has 0 aromatic heterocycles. The van der Waals surface area contributed by atoms with Gasteiger partial charge in [-0.1, -0.05) is 30.3 Å². The monoisotopic (exact) mass is 221 g/mol. The van der Waals surface area contributed by atoms with Crippen LogP contribution in [0.3, 0.4) is 0 Å². The second-order valence-corrected chi connectivity index (χ2v) is 4.79. The lowest BCUT2D eigenvalue weighted by molar-refractivity contribution is -0.112. The molecule has 0 spiro atoms. The molecule has 0 bridgehead atoms. The van der Waals surface area contributed by atoms with Crippen molar-refractivity contribution in [3.05, 3.63) is 47.0 Å². The van der Waals surface area contributed by atoms with E-state index in [2.05, 4.69) is 17.1 Å². The van der Waals surface area contributed by atoms with Crippen molar-refractivity contribution >= 4 is 22.3 Å². The Labute approximate surface area is 98.3 Å². The number of rotatable bonds is 1. The lowest BCUT2D eigenvalue weighted by Crippen LogP contribution is -2.24. The van der Waals surface area contributed by atoms with Crippen molar-refractivity contribution in [2.75, 3.05) is 0 Å². The van der Waals surface area contributed by atoms with Crippen LogP contribution in [-0.2, 0) is 4.79 Å². The van der Waals surface area contributed by atoms with Gasteiger partial charge in [-0.2, -0.15) is 0 Å². The van der Waals surface area contributed by atoms with Gasteiger partial charge in [-0.15, -0.1) is 0 Å². The van der Waals surface area contributed by atoms with Crippen molar-refractivity contribution in [3.8, 4) is 0 Å². The van der Waals surface area contributed by atoms with E-state index in [-0.39, 0.29) is 5.91 Å². The third-order valence-corrected chi connectivity index (χ3v) is 3.61. The molecule has 0 unspecified atom stereocenters. The zero-order valence-electron chi connectivity index (χ0n) is 9.31. The second kappa shape index (κ2) is 3.04. The summed E-state index contributed by atoms with van der Waals surface area (Å²) in [5, 5.41) is 4.31. The van der Waals surface area contributed by atoms with Crippen LogP contribution in [0.1, 0.15) is 12.8 Å². The molecule has 4 rings (SSSR count). The standard InChI is InChI=1S/C15H11NO/c17-15-13(10-5-6-10)14-11-4-2-1-3-9(11)7-8-12(14)16-15/h1-4,7-8,10H,5-6H2. The van der Waals surface area contributed by atoms with E-state index in [1.165, 1.54) is 10.8 Å². The molecule has 2 aliphatic rings. The summed E-state index contributed by atoms with van der Waals surface area (Å²) in [4.78, 5) is 16.1. The first-order valence-electron chi connectivity index (χ1n) is 5.99. The van der Waals surface area contributed by atoms with Crippen molar-refractivity contribution in [2.45, 2.75) is 12.8 Å². The van der Waals surface area contributed by atoms with Gasteiger partial charge in [-0.05, 0) is 35.6 Å². The molecule has 17 heavy (non-hydrogen) atoms. The highest BCUT2D eigenvalue weighted by atomic mass is 16.1. The predicted octanol–water partition coefficient (Wildman–Crippen LogP) is 1.56. The minimum atomic E-state index is -0.0150. The second-order valence-electron chi connectivity index (χ2n) is 4.79. The van der Waals surface area contributed by atoms with Crippen LogP contribution in [0.2, 0.25) is 0 Å². The zero-order valence-corrected chi connectivity index (χ0v) is 9.31. The number of hydrogen-bond donors (Lipinski definition) is 0. The third kappa shape index (κ3) is 1.21. The Hall–Kier alpha value is -1.96. The van der Waals surface area contributed by atoms with Crippen molar-refractivity contribution in [1.29, 1.82) is 0 Å². The minimum Gasteiger partial charge on any atom is -0.267 e. The molecule has 1 saturated carbocycles. The fourth-order valence-electron chi connectivity index (χ4n) is 2.66. The first-order chi connectivity index (χ1) is 8.34. The van der Waals surface area contributed by atoms with Crippen LogP contribution in [0.25, 0.3) is 16.3 Å². The van der Waals surface area contributed by atoms with Gasteiger partial charge in [0.2, 0.25) is 0 Å². The maximum Gasteiger partial charge on any atom is 0.274 e. The first kappa shape index (κ1) is 9.11. The lowest BCUT2D eigenvalue weighted by Gasteiger charge is -1.99. The maximum atomic E-state index is 12.0. The van der Waals surface area contributed by atoms with Crippen molar-refractivity contribution < 1.29 is 4.79 Å². The summed E-state index contributed by atoms with van der Waals surface area (Å²) >= 11 is 0. The number of nitrogens with zero attached hydrogens (tertiary/aromatic N) is 1. The smallest absolute Gasteiger partial charge is 0.267 e. The predicted molar refractivity (Wildman–Crippen MR) is 65.9 cm³/mol. The van der Waals surface area contributed by atoms with Crippen LogP contribution in [0, 0.1) is 5.92 Å². The van der Waals surface area contributed by atoms with Crippen LogP contribution in [0.5, 0.6) is 0 Å². The summed E-state index contributed by atoms with van der Waals surface area (Å²) in [6.45, 7) is 0. The molecule has 2 aromatic rings. The molecule has 1 aliphatic heterocycles. The van der Waals surface area contributed by atoms with Crippen LogP contribution in [-0.4, -0.2) is 5.91 Å². The molecule has 1 heterocycles. The SMILES string of the molecule is O=C1N=c2ccc3ccccc3c2=C1C1CC1. The molecule has 2 aromatic carbocycles. The molecule has 0 saturated heterocycles. The quantitative estimate of drug-likeness (QED) is 0.718. The van der Waals surface area contributed by atoms with Crippen LogP contribution >= 0.6 is 0 Å². The van der Waals surface area contributed by atoms with Crippen LogP contribution in [0.4, 0.5) is 0 Å². The number of amides is 1.